The molecule has 214 valence electrons. The predicted octanol–water partition coefficient (Wildman–Crippen LogP) is 9.95. The number of hydrogen-bond acceptors (Lipinski definition) is 2. The molecule has 3 aromatic heterocycles. The van der Waals surface area contributed by atoms with Crippen LogP contribution >= 0.6 is 0 Å². The van der Waals surface area contributed by atoms with Crippen molar-refractivity contribution in [1.29, 1.82) is 0 Å². The molecular weight excluding hydrogens is 526 g/mol. The summed E-state index contributed by atoms with van der Waals surface area (Å²) in [7, 11) is 2.18. The van der Waals surface area contributed by atoms with Crippen molar-refractivity contribution in [2.75, 3.05) is 0 Å². The molecule has 0 bridgehead atoms. The summed E-state index contributed by atoms with van der Waals surface area (Å²) >= 11 is 0. The summed E-state index contributed by atoms with van der Waals surface area (Å²) < 4.78 is 11.5. The van der Waals surface area contributed by atoms with Gasteiger partial charge in [-0.25, -0.2) is 9.55 Å². The van der Waals surface area contributed by atoms with Gasteiger partial charge in [-0.1, -0.05) is 82.3 Å². The van der Waals surface area contributed by atoms with Crippen molar-refractivity contribution in [3.8, 4) is 28.2 Å². The van der Waals surface area contributed by atoms with E-state index in [-0.39, 0.29) is 0 Å². The van der Waals surface area contributed by atoms with E-state index in [9.17, 15) is 0 Å². The lowest BCUT2D eigenvalue weighted by atomic mass is 9.88. The van der Waals surface area contributed by atoms with Gasteiger partial charge in [0, 0.05) is 27.6 Å². The van der Waals surface area contributed by atoms with Gasteiger partial charge in [0.05, 0.1) is 7.05 Å². The Morgan fingerprint density at radius 3 is 2.07 bits per heavy atom. The first kappa shape index (κ1) is 27.2. The summed E-state index contributed by atoms with van der Waals surface area (Å²) in [5.74, 6) is 1.73. The zero-order valence-electron chi connectivity index (χ0n) is 26.1. The molecule has 0 saturated carbocycles. The standard InChI is InChI=1S/C39H38N3O/c1-23(2)31-21-28(27-13-9-8-10-14-27)22-32(24(3)4)36(31)42-34-16-12-11-15-33(34)41(7)39(42)35-25(5)17-19-29-30-20-18-26(6)40-38(30)43-37(29)35/h8-24H,1-7H3/q+1. The van der Waals surface area contributed by atoms with Crippen LogP contribution in [0.25, 0.3) is 61.3 Å². The zero-order chi connectivity index (χ0) is 30.0. The van der Waals surface area contributed by atoms with Crippen molar-refractivity contribution >= 4 is 33.1 Å². The van der Waals surface area contributed by atoms with Gasteiger partial charge in [0.2, 0.25) is 5.71 Å². The highest BCUT2D eigenvalue weighted by Crippen LogP contribution is 2.42. The second-order valence-corrected chi connectivity index (χ2v) is 12.4. The van der Waals surface area contributed by atoms with Gasteiger partial charge in [0.25, 0.3) is 5.82 Å². The van der Waals surface area contributed by atoms with Crippen molar-refractivity contribution in [1.82, 2.24) is 9.55 Å². The number of fused-ring (bicyclic) bond motifs is 4. The van der Waals surface area contributed by atoms with E-state index in [4.69, 9.17) is 9.40 Å². The fourth-order valence-corrected chi connectivity index (χ4v) is 6.63. The lowest BCUT2D eigenvalue weighted by Crippen LogP contribution is -2.30. The van der Waals surface area contributed by atoms with Crippen molar-refractivity contribution < 1.29 is 8.98 Å². The van der Waals surface area contributed by atoms with Gasteiger partial charge in [-0.05, 0) is 78.8 Å². The maximum atomic E-state index is 6.64. The summed E-state index contributed by atoms with van der Waals surface area (Å²) in [6.07, 6.45) is 0. The molecule has 0 saturated heterocycles. The number of pyridine rings is 1. The Bertz CT molecular complexity index is 2130. The Hall–Kier alpha value is -4.70. The van der Waals surface area contributed by atoms with Gasteiger partial charge >= 0.3 is 0 Å². The van der Waals surface area contributed by atoms with Crippen LogP contribution in [0.1, 0.15) is 61.9 Å². The van der Waals surface area contributed by atoms with Crippen LogP contribution in [0.2, 0.25) is 0 Å². The molecule has 0 fully saturated rings. The topological polar surface area (TPSA) is 34.8 Å². The van der Waals surface area contributed by atoms with E-state index >= 15 is 0 Å². The third kappa shape index (κ3) is 4.27. The monoisotopic (exact) mass is 564 g/mol. The third-order valence-corrected chi connectivity index (χ3v) is 8.84. The Labute approximate surface area is 253 Å². The van der Waals surface area contributed by atoms with Gasteiger partial charge in [0.15, 0.2) is 16.6 Å². The highest BCUT2D eigenvalue weighted by atomic mass is 16.3. The van der Waals surface area contributed by atoms with E-state index in [1.807, 2.05) is 6.92 Å². The number of benzene rings is 4. The highest BCUT2D eigenvalue weighted by molar-refractivity contribution is 6.09. The molecule has 4 aromatic carbocycles. The van der Waals surface area contributed by atoms with Crippen LogP contribution in [0, 0.1) is 13.8 Å². The SMILES string of the molecule is Cc1ccc2c(n1)oc1c(-c3n(-c4c(C(C)C)cc(-c5ccccc5)cc4C(C)C)c4ccccc4[n+]3C)c(C)ccc12. The molecule has 0 amide bonds. The number of furan rings is 1. The number of aromatic nitrogens is 3. The number of imidazole rings is 1. The average molecular weight is 565 g/mol. The predicted molar refractivity (Wildman–Crippen MR) is 178 cm³/mol. The van der Waals surface area contributed by atoms with Crippen molar-refractivity contribution in [3.63, 3.8) is 0 Å². The van der Waals surface area contributed by atoms with Crippen LogP contribution in [0.4, 0.5) is 0 Å². The molecule has 0 unspecified atom stereocenters. The molecule has 0 aliphatic carbocycles. The summed E-state index contributed by atoms with van der Waals surface area (Å²) in [6, 6.07) is 32.9. The molecule has 7 aromatic rings. The molecule has 0 N–H and O–H groups in total. The normalized spacial score (nSPS) is 12.0. The quantitative estimate of drug-likeness (QED) is 0.195. The molecule has 7 rings (SSSR count). The van der Waals surface area contributed by atoms with Crippen molar-refractivity contribution in [3.05, 3.63) is 113 Å². The molecule has 4 heteroatoms. The zero-order valence-corrected chi connectivity index (χ0v) is 26.1. The first-order valence-corrected chi connectivity index (χ1v) is 15.3. The Kier molecular flexibility index (Phi) is 6.46. The highest BCUT2D eigenvalue weighted by Gasteiger charge is 2.34. The Morgan fingerprint density at radius 2 is 1.37 bits per heavy atom. The van der Waals surface area contributed by atoms with Gasteiger partial charge in [0.1, 0.15) is 11.3 Å². The maximum absolute atomic E-state index is 6.64. The Balaban J connectivity index is 1.65. The lowest BCUT2D eigenvalue weighted by Gasteiger charge is -2.21. The molecule has 0 atom stereocenters. The summed E-state index contributed by atoms with van der Waals surface area (Å²) in [6.45, 7) is 13.4. The minimum atomic E-state index is 0.311. The van der Waals surface area contributed by atoms with E-state index in [1.165, 1.54) is 44.5 Å². The van der Waals surface area contributed by atoms with Crippen molar-refractivity contribution in [2.45, 2.75) is 53.4 Å². The fraction of sp³-hybridized carbons (Fsp3) is 0.231. The minimum absolute atomic E-state index is 0.311. The second kappa shape index (κ2) is 10.2. The molecule has 43 heavy (non-hydrogen) atoms. The summed E-state index contributed by atoms with van der Waals surface area (Å²) in [5.41, 5.74) is 13.6. The van der Waals surface area contributed by atoms with E-state index in [1.54, 1.807) is 0 Å². The molecule has 0 aliphatic heterocycles. The van der Waals surface area contributed by atoms with Crippen LogP contribution in [0.15, 0.2) is 95.4 Å². The largest absolute Gasteiger partial charge is 0.437 e. The summed E-state index contributed by atoms with van der Waals surface area (Å²) in [4.78, 5) is 4.76. The van der Waals surface area contributed by atoms with Crippen LogP contribution in [-0.4, -0.2) is 9.55 Å². The smallest absolute Gasteiger partial charge is 0.299 e. The molecule has 4 nitrogen and oxygen atoms in total. The van der Waals surface area contributed by atoms with Crippen molar-refractivity contribution in [2.24, 2.45) is 7.05 Å². The van der Waals surface area contributed by atoms with Crippen LogP contribution in [0.3, 0.4) is 0 Å². The van der Waals surface area contributed by atoms with Crippen LogP contribution in [0.5, 0.6) is 0 Å². The van der Waals surface area contributed by atoms with Gasteiger partial charge in [-0.15, -0.1) is 0 Å². The fourth-order valence-electron chi connectivity index (χ4n) is 6.63. The number of nitrogens with zero attached hydrogens (tertiary/aromatic N) is 3. The lowest BCUT2D eigenvalue weighted by molar-refractivity contribution is -0.633. The number of rotatable bonds is 5. The minimum Gasteiger partial charge on any atom is -0.437 e. The first-order chi connectivity index (χ1) is 20.7. The van der Waals surface area contributed by atoms with Crippen LogP contribution in [-0.2, 0) is 7.05 Å². The van der Waals surface area contributed by atoms with E-state index in [0.29, 0.717) is 17.5 Å². The molecule has 3 heterocycles. The average Bonchev–Trinajstić information content (AvgIpc) is 3.51. The number of para-hydroxylation sites is 2. The van der Waals surface area contributed by atoms with E-state index in [2.05, 4.69) is 142 Å². The van der Waals surface area contributed by atoms with E-state index in [0.717, 1.165) is 33.4 Å². The summed E-state index contributed by atoms with van der Waals surface area (Å²) in [5, 5.41) is 2.14. The second-order valence-electron chi connectivity index (χ2n) is 12.4. The van der Waals surface area contributed by atoms with Gasteiger partial charge in [-0.2, -0.15) is 4.57 Å². The molecule has 0 radical (unpaired) electrons. The first-order valence-electron chi connectivity index (χ1n) is 15.3. The molecule has 0 spiro atoms. The van der Waals surface area contributed by atoms with Gasteiger partial charge in [-0.3, -0.25) is 0 Å². The number of hydrogen-bond donors (Lipinski definition) is 0. The third-order valence-electron chi connectivity index (χ3n) is 8.84. The number of aryl methyl sites for hydroxylation is 3. The van der Waals surface area contributed by atoms with E-state index < -0.39 is 0 Å². The Morgan fingerprint density at radius 1 is 0.721 bits per heavy atom. The molecule has 0 aliphatic rings. The van der Waals surface area contributed by atoms with Gasteiger partial charge < -0.3 is 4.42 Å². The van der Waals surface area contributed by atoms with Crippen LogP contribution < -0.4 is 4.57 Å². The maximum Gasteiger partial charge on any atom is 0.299 e. The molecular formula is C39H38N3O+.